The third kappa shape index (κ3) is 4.69. The molecule has 6 rings (SSSR count). The molecule has 196 valence electrons. The van der Waals surface area contributed by atoms with Crippen LogP contribution in [0.3, 0.4) is 0 Å². The van der Waals surface area contributed by atoms with Crippen molar-refractivity contribution in [3.05, 3.63) is 70.5 Å². The number of fused-ring (bicyclic) bond motifs is 3. The van der Waals surface area contributed by atoms with Gasteiger partial charge in [-0.15, -0.1) is 10.2 Å². The van der Waals surface area contributed by atoms with E-state index in [2.05, 4.69) is 10.2 Å². The topological polar surface area (TPSA) is 71.2 Å². The second-order valence-corrected chi connectivity index (χ2v) is 10.9. The van der Waals surface area contributed by atoms with E-state index in [4.69, 9.17) is 11.6 Å². The van der Waals surface area contributed by atoms with Crippen molar-refractivity contribution >= 4 is 17.7 Å². The molecule has 3 fully saturated rings. The smallest absolute Gasteiger partial charge is 0.417 e. The molecule has 10 heteroatoms. The second-order valence-electron chi connectivity index (χ2n) is 10.5. The largest absolute Gasteiger partial charge is 0.465 e. The average Bonchev–Trinajstić information content (AvgIpc) is 3.27. The number of alkyl halides is 3. The van der Waals surface area contributed by atoms with E-state index in [9.17, 15) is 23.1 Å². The van der Waals surface area contributed by atoms with Gasteiger partial charge in [0.25, 0.3) is 0 Å². The number of rotatable bonds is 6. The summed E-state index contributed by atoms with van der Waals surface area (Å²) in [6.45, 7) is 0.653. The number of halogens is 4. The Labute approximate surface area is 218 Å². The highest BCUT2D eigenvalue weighted by Gasteiger charge is 2.52. The van der Waals surface area contributed by atoms with Crippen LogP contribution in [0.15, 0.2) is 48.5 Å². The van der Waals surface area contributed by atoms with E-state index in [1.54, 1.807) is 23.7 Å². The second kappa shape index (κ2) is 9.35. The van der Waals surface area contributed by atoms with Crippen LogP contribution >= 0.6 is 11.6 Å². The lowest BCUT2D eigenvalue weighted by Gasteiger charge is -2.53. The van der Waals surface area contributed by atoms with Crippen molar-refractivity contribution in [1.82, 2.24) is 19.7 Å². The molecule has 0 aliphatic heterocycles. The van der Waals surface area contributed by atoms with Crippen LogP contribution in [-0.2, 0) is 25.2 Å². The first kappa shape index (κ1) is 25.6. The molecule has 1 heterocycles. The summed E-state index contributed by atoms with van der Waals surface area (Å²) < 4.78 is 42.6. The fraction of sp³-hybridized carbons (Fsp3) is 0.444. The molecule has 1 N–H and O–H groups in total. The maximum atomic E-state index is 13.6. The number of hydrogen-bond donors (Lipinski definition) is 1. The Kier molecular flexibility index (Phi) is 6.46. The first-order chi connectivity index (χ1) is 17.5. The number of benzene rings is 2. The highest BCUT2D eigenvalue weighted by Crippen LogP contribution is 2.58. The Hall–Kier alpha value is -3.07. The minimum Gasteiger partial charge on any atom is -0.465 e. The van der Waals surface area contributed by atoms with E-state index in [0.717, 1.165) is 50.2 Å². The quantitative estimate of drug-likeness (QED) is 0.374. The Morgan fingerprint density at radius 3 is 2.27 bits per heavy atom. The van der Waals surface area contributed by atoms with E-state index < -0.39 is 17.8 Å². The van der Waals surface area contributed by atoms with Crippen molar-refractivity contribution in [3.63, 3.8) is 0 Å². The summed E-state index contributed by atoms with van der Waals surface area (Å²) in [6, 6.07) is 12.7. The van der Waals surface area contributed by atoms with Crippen molar-refractivity contribution in [2.75, 3.05) is 6.54 Å². The molecule has 3 saturated carbocycles. The number of carbonyl (C=O) groups is 1. The van der Waals surface area contributed by atoms with Crippen molar-refractivity contribution in [2.24, 2.45) is 12.5 Å². The Morgan fingerprint density at radius 2 is 1.65 bits per heavy atom. The summed E-state index contributed by atoms with van der Waals surface area (Å²) in [5, 5.41) is 19.1. The predicted octanol–water partition coefficient (Wildman–Crippen LogP) is 6.93. The van der Waals surface area contributed by atoms with E-state index in [0.29, 0.717) is 17.4 Å². The molecule has 0 spiro atoms. The normalized spacial score (nSPS) is 23.3. The summed E-state index contributed by atoms with van der Waals surface area (Å²) in [6.07, 6.45) is -0.630. The Bertz CT molecular complexity index is 1300. The van der Waals surface area contributed by atoms with Crippen LogP contribution in [0.4, 0.5) is 18.0 Å². The van der Waals surface area contributed by atoms with Gasteiger partial charge in [-0.05, 0) is 61.6 Å². The average molecular weight is 533 g/mol. The van der Waals surface area contributed by atoms with E-state index in [1.807, 2.05) is 18.2 Å². The molecule has 2 aromatic carbocycles. The van der Waals surface area contributed by atoms with Crippen molar-refractivity contribution in [2.45, 2.75) is 56.7 Å². The fourth-order valence-electron chi connectivity index (χ4n) is 6.22. The van der Waals surface area contributed by atoms with Crippen molar-refractivity contribution in [3.8, 4) is 11.4 Å². The SMILES string of the molecule is Cn1c(-c2ccccc2C(F)(F)F)nnc1C12CCC(CN(Cc3ccccc3Cl)C(=O)O)(CC1)CC2. The van der Waals surface area contributed by atoms with Crippen LogP contribution in [-0.4, -0.2) is 37.4 Å². The minimum absolute atomic E-state index is 0.0188. The number of hydrogen-bond acceptors (Lipinski definition) is 3. The minimum atomic E-state index is -4.49. The lowest BCUT2D eigenvalue weighted by molar-refractivity contribution is -0.137. The van der Waals surface area contributed by atoms with Gasteiger partial charge in [-0.3, -0.25) is 0 Å². The van der Waals surface area contributed by atoms with Crippen LogP contribution in [0, 0.1) is 5.41 Å². The zero-order valence-corrected chi connectivity index (χ0v) is 21.2. The van der Waals surface area contributed by atoms with Crippen LogP contribution in [0.1, 0.15) is 55.5 Å². The molecule has 0 atom stereocenters. The van der Waals surface area contributed by atoms with E-state index in [-0.39, 0.29) is 28.8 Å². The number of carboxylic acid groups (broad SMARTS) is 1. The molecule has 0 radical (unpaired) electrons. The van der Waals surface area contributed by atoms with Gasteiger partial charge in [0, 0.05) is 29.6 Å². The molecule has 1 amide bonds. The highest BCUT2D eigenvalue weighted by molar-refractivity contribution is 6.31. The first-order valence-corrected chi connectivity index (χ1v) is 12.7. The maximum Gasteiger partial charge on any atom is 0.417 e. The van der Waals surface area contributed by atoms with Gasteiger partial charge < -0.3 is 14.6 Å². The number of aromatic nitrogens is 3. The third-order valence-corrected chi connectivity index (χ3v) is 8.71. The van der Waals surface area contributed by atoms with Gasteiger partial charge in [-0.1, -0.05) is 48.0 Å². The van der Waals surface area contributed by atoms with Crippen LogP contribution in [0.5, 0.6) is 0 Å². The lowest BCUT2D eigenvalue weighted by atomic mass is 9.53. The number of amides is 1. The summed E-state index contributed by atoms with van der Waals surface area (Å²) in [7, 11) is 1.73. The summed E-state index contributed by atoms with van der Waals surface area (Å²) in [5.41, 5.74) is -0.342. The lowest BCUT2D eigenvalue weighted by Crippen LogP contribution is -2.50. The monoisotopic (exact) mass is 532 g/mol. The molecule has 6 nitrogen and oxygen atoms in total. The zero-order chi connectivity index (χ0) is 26.4. The molecular weight excluding hydrogens is 505 g/mol. The van der Waals surface area contributed by atoms with Crippen molar-refractivity contribution in [1.29, 1.82) is 0 Å². The van der Waals surface area contributed by atoms with Gasteiger partial charge in [-0.25, -0.2) is 4.79 Å². The van der Waals surface area contributed by atoms with Crippen LogP contribution in [0.25, 0.3) is 11.4 Å². The van der Waals surface area contributed by atoms with E-state index >= 15 is 0 Å². The van der Waals surface area contributed by atoms with Gasteiger partial charge in [0.05, 0.1) is 12.1 Å². The van der Waals surface area contributed by atoms with Gasteiger partial charge in [0.2, 0.25) is 0 Å². The highest BCUT2D eigenvalue weighted by atomic mass is 35.5. The molecule has 0 saturated heterocycles. The van der Waals surface area contributed by atoms with Gasteiger partial charge >= 0.3 is 12.3 Å². The maximum absolute atomic E-state index is 13.6. The third-order valence-electron chi connectivity index (χ3n) is 8.34. The molecule has 37 heavy (non-hydrogen) atoms. The molecule has 1 aromatic heterocycles. The summed E-state index contributed by atoms with van der Waals surface area (Å²) in [4.78, 5) is 13.6. The van der Waals surface area contributed by atoms with Crippen molar-refractivity contribution < 1.29 is 23.1 Å². The van der Waals surface area contributed by atoms with Gasteiger partial charge in [0.15, 0.2) is 5.82 Å². The molecule has 3 aliphatic carbocycles. The standard InChI is InChI=1S/C27H28ClF3N4O2/c1-34-22(19-7-3-4-8-20(19)27(29,30)31)32-33-23(34)26-13-10-25(11-14-26,12-15-26)17-35(24(36)37)16-18-6-2-5-9-21(18)28/h2-9H,10-17H2,1H3,(H,36,37). The molecule has 2 bridgehead atoms. The van der Waals surface area contributed by atoms with E-state index in [1.165, 1.54) is 17.0 Å². The molecule has 0 unspecified atom stereocenters. The molecular formula is C27H28ClF3N4O2. The molecule has 3 aliphatic rings. The fourth-order valence-corrected chi connectivity index (χ4v) is 6.41. The zero-order valence-electron chi connectivity index (χ0n) is 20.4. The molecule has 3 aromatic rings. The Morgan fingerprint density at radius 1 is 1.03 bits per heavy atom. The summed E-state index contributed by atoms with van der Waals surface area (Å²) >= 11 is 6.28. The predicted molar refractivity (Wildman–Crippen MR) is 133 cm³/mol. The van der Waals surface area contributed by atoms with Gasteiger partial charge in [-0.2, -0.15) is 13.2 Å². The number of nitrogens with zero attached hydrogens (tertiary/aromatic N) is 4. The summed E-state index contributed by atoms with van der Waals surface area (Å²) in [5.74, 6) is 0.912. The first-order valence-electron chi connectivity index (χ1n) is 12.3. The van der Waals surface area contributed by atoms with Crippen LogP contribution < -0.4 is 0 Å². The van der Waals surface area contributed by atoms with Crippen LogP contribution in [0.2, 0.25) is 5.02 Å². The Balaban J connectivity index is 1.36. The van der Waals surface area contributed by atoms with Gasteiger partial charge in [0.1, 0.15) is 5.82 Å².